The molecule has 0 atom stereocenters. The standard InChI is InChI=1S/C12H9N5/c1-8-2-9(15)4-10(3-8)17-7-16-11(5-13)12(17)6-14/h2-4,7H,15H2,1H3. The zero-order valence-corrected chi connectivity index (χ0v) is 9.18. The summed E-state index contributed by atoms with van der Waals surface area (Å²) in [7, 11) is 0. The summed E-state index contributed by atoms with van der Waals surface area (Å²) in [5.74, 6) is 0. The van der Waals surface area contributed by atoms with Crippen molar-refractivity contribution in [2.45, 2.75) is 6.92 Å². The number of aromatic nitrogens is 2. The van der Waals surface area contributed by atoms with E-state index in [0.717, 1.165) is 11.3 Å². The average molecular weight is 223 g/mol. The van der Waals surface area contributed by atoms with Crippen LogP contribution < -0.4 is 5.73 Å². The van der Waals surface area contributed by atoms with Crippen LogP contribution in [0.5, 0.6) is 0 Å². The van der Waals surface area contributed by atoms with Crippen molar-refractivity contribution in [2.24, 2.45) is 0 Å². The molecule has 0 saturated carbocycles. The maximum atomic E-state index is 9.03. The molecular formula is C12H9N5. The molecule has 0 aliphatic carbocycles. The predicted molar refractivity (Wildman–Crippen MR) is 62.1 cm³/mol. The van der Waals surface area contributed by atoms with Crippen molar-refractivity contribution in [3.63, 3.8) is 0 Å². The number of aryl methyl sites for hydroxylation is 1. The van der Waals surface area contributed by atoms with Crippen LogP contribution in [0.1, 0.15) is 17.0 Å². The van der Waals surface area contributed by atoms with Crippen LogP contribution in [0, 0.1) is 29.6 Å². The van der Waals surface area contributed by atoms with Gasteiger partial charge in [-0.15, -0.1) is 0 Å². The minimum absolute atomic E-state index is 0.118. The summed E-state index contributed by atoms with van der Waals surface area (Å²) < 4.78 is 1.56. The van der Waals surface area contributed by atoms with Gasteiger partial charge in [-0.05, 0) is 30.7 Å². The highest BCUT2D eigenvalue weighted by Crippen LogP contribution is 2.18. The Morgan fingerprint density at radius 3 is 2.59 bits per heavy atom. The van der Waals surface area contributed by atoms with E-state index in [2.05, 4.69) is 4.98 Å². The molecule has 0 aliphatic heterocycles. The third-order valence-corrected chi connectivity index (χ3v) is 2.34. The minimum atomic E-state index is 0.118. The van der Waals surface area contributed by atoms with Crippen LogP contribution in [0.4, 0.5) is 5.69 Å². The second-order valence-corrected chi connectivity index (χ2v) is 3.64. The van der Waals surface area contributed by atoms with E-state index in [1.165, 1.54) is 6.33 Å². The van der Waals surface area contributed by atoms with Crippen molar-refractivity contribution >= 4 is 5.69 Å². The van der Waals surface area contributed by atoms with Crippen molar-refractivity contribution < 1.29 is 0 Å². The third kappa shape index (κ3) is 1.82. The first-order valence-corrected chi connectivity index (χ1v) is 4.91. The van der Waals surface area contributed by atoms with Gasteiger partial charge in [-0.3, -0.25) is 4.57 Å². The van der Waals surface area contributed by atoms with Gasteiger partial charge in [0.05, 0.1) is 5.69 Å². The van der Waals surface area contributed by atoms with Crippen LogP contribution in [0.15, 0.2) is 24.5 Å². The number of rotatable bonds is 1. The molecule has 0 radical (unpaired) electrons. The highest BCUT2D eigenvalue weighted by Gasteiger charge is 2.11. The van der Waals surface area contributed by atoms with Crippen LogP contribution >= 0.6 is 0 Å². The van der Waals surface area contributed by atoms with E-state index in [9.17, 15) is 0 Å². The van der Waals surface area contributed by atoms with Crippen LogP contribution in [-0.4, -0.2) is 9.55 Å². The number of nitriles is 2. The van der Waals surface area contributed by atoms with Crippen LogP contribution in [0.2, 0.25) is 0 Å². The predicted octanol–water partition coefficient (Wildman–Crippen LogP) is 1.51. The first-order chi connectivity index (χ1) is 8.15. The third-order valence-electron chi connectivity index (χ3n) is 2.34. The maximum absolute atomic E-state index is 9.03. The van der Waals surface area contributed by atoms with E-state index < -0.39 is 0 Å². The highest BCUT2D eigenvalue weighted by atomic mass is 15.1. The molecule has 5 heteroatoms. The highest BCUT2D eigenvalue weighted by molar-refractivity contribution is 5.53. The minimum Gasteiger partial charge on any atom is -0.399 e. The van der Waals surface area contributed by atoms with Crippen molar-refractivity contribution in [1.82, 2.24) is 9.55 Å². The van der Waals surface area contributed by atoms with Gasteiger partial charge in [-0.1, -0.05) is 0 Å². The van der Waals surface area contributed by atoms with Gasteiger partial charge in [0, 0.05) is 5.69 Å². The van der Waals surface area contributed by atoms with E-state index in [1.807, 2.05) is 31.2 Å². The average Bonchev–Trinajstić information content (AvgIpc) is 2.70. The number of benzene rings is 1. The Bertz CT molecular complexity index is 634. The number of imidazole rings is 1. The summed E-state index contributed by atoms with van der Waals surface area (Å²) in [5.41, 5.74) is 8.40. The summed E-state index contributed by atoms with van der Waals surface area (Å²) in [5, 5.41) is 17.8. The number of nitrogens with two attached hydrogens (primary N) is 1. The number of anilines is 1. The van der Waals surface area contributed by atoms with E-state index in [0.29, 0.717) is 5.69 Å². The molecule has 82 valence electrons. The van der Waals surface area contributed by atoms with Gasteiger partial charge in [-0.2, -0.15) is 10.5 Å². The molecule has 2 N–H and O–H groups in total. The smallest absolute Gasteiger partial charge is 0.177 e. The number of nitrogen functional groups attached to an aromatic ring is 1. The molecule has 0 amide bonds. The van der Waals surface area contributed by atoms with Gasteiger partial charge in [0.15, 0.2) is 11.4 Å². The Hall–Kier alpha value is -2.79. The molecule has 0 unspecified atom stereocenters. The monoisotopic (exact) mass is 223 g/mol. The number of nitrogens with zero attached hydrogens (tertiary/aromatic N) is 4. The molecule has 1 aromatic heterocycles. The van der Waals surface area contributed by atoms with Gasteiger partial charge in [0.1, 0.15) is 18.5 Å². The zero-order chi connectivity index (χ0) is 12.4. The molecule has 5 nitrogen and oxygen atoms in total. The maximum Gasteiger partial charge on any atom is 0.177 e. The second-order valence-electron chi connectivity index (χ2n) is 3.64. The number of hydrogen-bond donors (Lipinski definition) is 1. The van der Waals surface area contributed by atoms with Crippen molar-refractivity contribution in [3.8, 4) is 17.8 Å². The van der Waals surface area contributed by atoms with Crippen LogP contribution in [0.25, 0.3) is 5.69 Å². The van der Waals surface area contributed by atoms with Crippen LogP contribution in [0.3, 0.4) is 0 Å². The molecule has 2 rings (SSSR count). The fraction of sp³-hybridized carbons (Fsp3) is 0.0833. The Morgan fingerprint density at radius 2 is 2.00 bits per heavy atom. The van der Waals surface area contributed by atoms with Crippen molar-refractivity contribution in [1.29, 1.82) is 10.5 Å². The molecule has 0 saturated heterocycles. The topological polar surface area (TPSA) is 91.4 Å². The van der Waals surface area contributed by atoms with E-state index in [1.54, 1.807) is 10.6 Å². The summed E-state index contributed by atoms with van der Waals surface area (Å²) in [6.07, 6.45) is 1.45. The lowest BCUT2D eigenvalue weighted by atomic mass is 10.2. The van der Waals surface area contributed by atoms with Gasteiger partial charge in [0.25, 0.3) is 0 Å². The normalized spacial score (nSPS) is 9.59. The van der Waals surface area contributed by atoms with Gasteiger partial charge >= 0.3 is 0 Å². The molecule has 1 aromatic carbocycles. The Balaban J connectivity index is 2.66. The van der Waals surface area contributed by atoms with Crippen LogP contribution in [-0.2, 0) is 0 Å². The second kappa shape index (κ2) is 3.99. The Kier molecular flexibility index (Phi) is 2.52. The molecule has 0 fully saturated rings. The van der Waals surface area contributed by atoms with Gasteiger partial charge in [0.2, 0.25) is 0 Å². The SMILES string of the molecule is Cc1cc(N)cc(-n2cnc(C#N)c2C#N)c1. The Morgan fingerprint density at radius 1 is 1.24 bits per heavy atom. The molecule has 0 spiro atoms. The van der Waals surface area contributed by atoms with Crippen molar-refractivity contribution in [3.05, 3.63) is 41.5 Å². The molecule has 0 aliphatic rings. The molecule has 0 bridgehead atoms. The quantitative estimate of drug-likeness (QED) is 0.741. The number of hydrogen-bond acceptors (Lipinski definition) is 4. The molecule has 2 aromatic rings. The van der Waals surface area contributed by atoms with Crippen molar-refractivity contribution in [2.75, 3.05) is 5.73 Å². The Labute approximate surface area is 98.3 Å². The molecule has 17 heavy (non-hydrogen) atoms. The lowest BCUT2D eigenvalue weighted by Gasteiger charge is -2.06. The zero-order valence-electron chi connectivity index (χ0n) is 9.18. The fourth-order valence-corrected chi connectivity index (χ4v) is 1.66. The summed E-state index contributed by atoms with van der Waals surface area (Å²) in [6, 6.07) is 9.29. The first-order valence-electron chi connectivity index (χ1n) is 4.91. The summed E-state index contributed by atoms with van der Waals surface area (Å²) >= 11 is 0. The fourth-order valence-electron chi connectivity index (χ4n) is 1.66. The first kappa shape index (κ1) is 10.7. The van der Waals surface area contributed by atoms with E-state index in [4.69, 9.17) is 16.3 Å². The summed E-state index contributed by atoms with van der Waals surface area (Å²) in [6.45, 7) is 1.91. The van der Waals surface area contributed by atoms with E-state index in [-0.39, 0.29) is 11.4 Å². The van der Waals surface area contributed by atoms with E-state index >= 15 is 0 Å². The lowest BCUT2D eigenvalue weighted by molar-refractivity contribution is 1.03. The van der Waals surface area contributed by atoms with Gasteiger partial charge < -0.3 is 5.73 Å². The molecule has 1 heterocycles. The largest absolute Gasteiger partial charge is 0.399 e. The molecular weight excluding hydrogens is 214 g/mol. The van der Waals surface area contributed by atoms with Gasteiger partial charge in [-0.25, -0.2) is 4.98 Å². The lowest BCUT2D eigenvalue weighted by Crippen LogP contribution is -1.98. The summed E-state index contributed by atoms with van der Waals surface area (Å²) in [4.78, 5) is 3.88.